The molecule has 3 aromatic carbocycles. The minimum Gasteiger partial charge on any atom is -0.488 e. The van der Waals surface area contributed by atoms with Crippen molar-refractivity contribution in [3.8, 4) is 5.75 Å². The molecule has 1 saturated heterocycles. The number of carbonyl (C=O) groups is 3. The van der Waals surface area contributed by atoms with Crippen LogP contribution in [0.15, 0.2) is 66.4 Å². The average Bonchev–Trinajstić information content (AvgIpc) is 3.05. The van der Waals surface area contributed by atoms with Gasteiger partial charge in [-0.1, -0.05) is 48.5 Å². The molecule has 0 aromatic heterocycles. The lowest BCUT2D eigenvalue weighted by molar-refractivity contribution is -0.143. The molecule has 0 atom stereocenters. The number of carbonyl (C=O) groups excluding carboxylic acids is 3. The van der Waals surface area contributed by atoms with E-state index in [4.69, 9.17) is 4.74 Å². The Morgan fingerprint density at radius 2 is 1.88 bits per heavy atom. The van der Waals surface area contributed by atoms with Crippen molar-refractivity contribution < 1.29 is 23.9 Å². The van der Waals surface area contributed by atoms with E-state index in [0.29, 0.717) is 6.61 Å². The molecule has 8 heteroatoms. The minimum atomic E-state index is -0.669. The van der Waals surface area contributed by atoms with Crippen molar-refractivity contribution in [3.05, 3.63) is 81.1 Å². The van der Waals surface area contributed by atoms with E-state index in [1.54, 1.807) is 12.1 Å². The van der Waals surface area contributed by atoms with E-state index in [9.17, 15) is 14.4 Å². The lowest BCUT2D eigenvalue weighted by Crippen LogP contribution is -2.36. The second kappa shape index (κ2) is 9.39. The van der Waals surface area contributed by atoms with Crippen molar-refractivity contribution in [1.82, 2.24) is 10.2 Å². The van der Waals surface area contributed by atoms with Gasteiger partial charge in [0.15, 0.2) is 0 Å². The number of benzene rings is 3. The van der Waals surface area contributed by atoms with Gasteiger partial charge >= 0.3 is 12.0 Å². The Balaban J connectivity index is 1.48. The maximum absolute atomic E-state index is 12.4. The quantitative estimate of drug-likeness (QED) is 0.220. The first-order chi connectivity index (χ1) is 15.5. The van der Waals surface area contributed by atoms with Crippen molar-refractivity contribution in [3.63, 3.8) is 0 Å². The van der Waals surface area contributed by atoms with Gasteiger partial charge < -0.3 is 14.8 Å². The van der Waals surface area contributed by atoms with E-state index in [-0.39, 0.29) is 5.70 Å². The second-order valence-corrected chi connectivity index (χ2v) is 8.23. The normalized spacial score (nSPS) is 14.7. The third-order valence-electron chi connectivity index (χ3n) is 5.01. The van der Waals surface area contributed by atoms with Crippen LogP contribution in [0.4, 0.5) is 4.79 Å². The van der Waals surface area contributed by atoms with Gasteiger partial charge in [-0.2, -0.15) is 0 Å². The van der Waals surface area contributed by atoms with E-state index >= 15 is 0 Å². The third kappa shape index (κ3) is 4.59. The molecule has 162 valence electrons. The Bertz CT molecular complexity index is 1250. The minimum absolute atomic E-state index is 0.0964. The molecule has 0 radical (unpaired) electrons. The lowest BCUT2D eigenvalue weighted by atomic mass is 10.1. The number of methoxy groups -OCH3 is 1. The van der Waals surface area contributed by atoms with Crippen molar-refractivity contribution >= 4 is 57.3 Å². The molecule has 32 heavy (non-hydrogen) atoms. The average molecular weight is 542 g/mol. The van der Waals surface area contributed by atoms with Crippen LogP contribution < -0.4 is 10.1 Å². The number of amides is 3. The summed E-state index contributed by atoms with van der Waals surface area (Å²) in [5, 5.41) is 4.80. The van der Waals surface area contributed by atoms with Crippen molar-refractivity contribution in [1.29, 1.82) is 0 Å². The Kier molecular flexibility index (Phi) is 6.40. The molecular formula is C24H19IN2O5. The highest BCUT2D eigenvalue weighted by Gasteiger charge is 2.35. The van der Waals surface area contributed by atoms with E-state index in [1.807, 2.05) is 36.4 Å². The van der Waals surface area contributed by atoms with Crippen molar-refractivity contribution in [2.75, 3.05) is 13.7 Å². The topological polar surface area (TPSA) is 84.9 Å². The highest BCUT2D eigenvalue weighted by molar-refractivity contribution is 14.1. The first kappa shape index (κ1) is 21.8. The molecule has 1 N–H and O–H groups in total. The number of ether oxygens (including phenoxy) is 2. The van der Waals surface area contributed by atoms with Gasteiger partial charge in [-0.3, -0.25) is 9.59 Å². The first-order valence-electron chi connectivity index (χ1n) is 9.76. The molecule has 3 aromatic rings. The number of nitrogens with zero attached hydrogens (tertiary/aromatic N) is 1. The second-order valence-electron chi connectivity index (χ2n) is 7.07. The van der Waals surface area contributed by atoms with Crippen LogP contribution in [0.1, 0.15) is 11.1 Å². The molecule has 1 aliphatic heterocycles. The SMILES string of the molecule is COC(=O)CN1C(=O)N/C(=C/c2ccc(OCc3cccc4ccccc34)c(I)c2)C1=O. The van der Waals surface area contributed by atoms with Crippen molar-refractivity contribution in [2.24, 2.45) is 0 Å². The largest absolute Gasteiger partial charge is 0.488 e. The lowest BCUT2D eigenvalue weighted by Gasteiger charge is -2.11. The molecule has 0 aliphatic carbocycles. The fourth-order valence-electron chi connectivity index (χ4n) is 3.37. The summed E-state index contributed by atoms with van der Waals surface area (Å²) in [7, 11) is 1.20. The molecule has 0 saturated carbocycles. The zero-order valence-corrected chi connectivity index (χ0v) is 19.3. The molecule has 0 unspecified atom stereocenters. The molecule has 3 amide bonds. The zero-order valence-electron chi connectivity index (χ0n) is 17.1. The molecule has 4 rings (SSSR count). The summed E-state index contributed by atoms with van der Waals surface area (Å²) in [6.45, 7) is -0.00813. The Morgan fingerprint density at radius 1 is 1.09 bits per heavy atom. The van der Waals surface area contributed by atoms with Crippen LogP contribution in [0, 0.1) is 3.57 Å². The zero-order chi connectivity index (χ0) is 22.7. The third-order valence-corrected chi connectivity index (χ3v) is 5.85. The van der Waals surface area contributed by atoms with Gasteiger partial charge in [0.1, 0.15) is 24.6 Å². The predicted molar refractivity (Wildman–Crippen MR) is 128 cm³/mol. The van der Waals surface area contributed by atoms with Gasteiger partial charge in [0, 0.05) is 0 Å². The fraction of sp³-hybridized carbons (Fsp3) is 0.125. The van der Waals surface area contributed by atoms with Crippen LogP contribution in [0.5, 0.6) is 5.75 Å². The summed E-state index contributed by atoms with van der Waals surface area (Å²) in [4.78, 5) is 36.6. The number of urea groups is 1. The molecule has 1 aliphatic rings. The van der Waals surface area contributed by atoms with Gasteiger partial charge in [-0.25, -0.2) is 9.69 Å². The van der Waals surface area contributed by atoms with Crippen LogP contribution in [0.3, 0.4) is 0 Å². The summed E-state index contributed by atoms with van der Waals surface area (Å²) < 4.78 is 11.4. The predicted octanol–water partition coefficient (Wildman–Crippen LogP) is 4.09. The number of halogens is 1. The molecule has 0 bridgehead atoms. The maximum Gasteiger partial charge on any atom is 0.329 e. The Hall–Kier alpha value is -3.40. The number of fused-ring (bicyclic) bond motifs is 1. The van der Waals surface area contributed by atoms with Crippen LogP contribution in [0.25, 0.3) is 16.8 Å². The monoisotopic (exact) mass is 542 g/mol. The van der Waals surface area contributed by atoms with E-state index in [1.165, 1.54) is 7.11 Å². The molecule has 7 nitrogen and oxygen atoms in total. The summed E-state index contributed by atoms with van der Waals surface area (Å²) in [6, 6.07) is 19.1. The number of rotatable bonds is 6. The van der Waals surface area contributed by atoms with Crippen LogP contribution in [0.2, 0.25) is 0 Å². The summed E-state index contributed by atoms with van der Waals surface area (Å²) in [5.74, 6) is -0.529. The van der Waals surface area contributed by atoms with Gasteiger partial charge in [-0.15, -0.1) is 0 Å². The van der Waals surface area contributed by atoms with Gasteiger partial charge in [0.2, 0.25) is 0 Å². The van der Waals surface area contributed by atoms with Gasteiger partial charge in [-0.05, 0) is 62.7 Å². The highest BCUT2D eigenvalue weighted by Crippen LogP contribution is 2.26. The fourth-order valence-corrected chi connectivity index (χ4v) is 4.07. The first-order valence-corrected chi connectivity index (χ1v) is 10.8. The Morgan fingerprint density at radius 3 is 2.66 bits per heavy atom. The van der Waals surface area contributed by atoms with E-state index in [2.05, 4.69) is 50.8 Å². The number of hydrogen-bond donors (Lipinski definition) is 1. The maximum atomic E-state index is 12.4. The number of esters is 1. The molecule has 0 spiro atoms. The van der Waals surface area contributed by atoms with Crippen LogP contribution >= 0.6 is 22.6 Å². The molecular weight excluding hydrogens is 523 g/mol. The summed E-state index contributed by atoms with van der Waals surface area (Å²) >= 11 is 2.17. The number of nitrogens with one attached hydrogen (secondary N) is 1. The standard InChI is InChI=1S/C24H19IN2O5/c1-31-22(28)13-27-23(29)20(26-24(27)30)12-15-9-10-21(19(25)11-15)32-14-17-7-4-6-16-5-2-3-8-18(16)17/h2-12H,13-14H2,1H3,(H,26,30)/b20-12+. The summed E-state index contributed by atoms with van der Waals surface area (Å²) in [5.41, 5.74) is 1.91. The Labute approximate surface area is 198 Å². The number of hydrogen-bond acceptors (Lipinski definition) is 5. The van der Waals surface area contributed by atoms with E-state index in [0.717, 1.165) is 36.1 Å². The van der Waals surface area contributed by atoms with Crippen LogP contribution in [-0.4, -0.2) is 36.5 Å². The van der Waals surface area contributed by atoms with Gasteiger partial charge in [0.05, 0.1) is 10.7 Å². The highest BCUT2D eigenvalue weighted by atomic mass is 127. The molecule has 1 fully saturated rings. The van der Waals surface area contributed by atoms with Crippen molar-refractivity contribution in [2.45, 2.75) is 6.61 Å². The van der Waals surface area contributed by atoms with Crippen LogP contribution in [-0.2, 0) is 20.9 Å². The smallest absolute Gasteiger partial charge is 0.329 e. The number of imide groups is 1. The molecule has 1 heterocycles. The van der Waals surface area contributed by atoms with Gasteiger partial charge in [0.25, 0.3) is 5.91 Å². The van der Waals surface area contributed by atoms with E-state index < -0.39 is 24.5 Å². The summed E-state index contributed by atoms with van der Waals surface area (Å²) in [6.07, 6.45) is 1.56.